The standard InChI is InChI=1S/C12H17IO/c1-8-5-10(3)12(14-7-8)6-9(2)11(4)13/h6,8H,4-5,7H2,1-3H3/b9-6-. The Morgan fingerprint density at radius 3 is 2.79 bits per heavy atom. The molecule has 1 heterocycles. The molecule has 0 aromatic heterocycles. The Morgan fingerprint density at radius 2 is 2.29 bits per heavy atom. The van der Waals surface area contributed by atoms with Crippen LogP contribution in [-0.4, -0.2) is 6.61 Å². The minimum atomic E-state index is 0.648. The number of hydrogen-bond donors (Lipinski definition) is 0. The maximum Gasteiger partial charge on any atom is 0.118 e. The maximum atomic E-state index is 5.68. The molecule has 0 aliphatic carbocycles. The van der Waals surface area contributed by atoms with Crippen molar-refractivity contribution in [1.29, 1.82) is 0 Å². The molecule has 1 nitrogen and oxygen atoms in total. The monoisotopic (exact) mass is 304 g/mol. The largest absolute Gasteiger partial charge is 0.493 e. The molecule has 0 amide bonds. The number of hydrogen-bond acceptors (Lipinski definition) is 1. The third-order valence-electron chi connectivity index (χ3n) is 2.37. The molecule has 0 N–H and O–H groups in total. The predicted octanol–water partition coefficient (Wildman–Crippen LogP) is 4.21. The zero-order valence-electron chi connectivity index (χ0n) is 9.06. The van der Waals surface area contributed by atoms with Crippen LogP contribution in [0.25, 0.3) is 0 Å². The van der Waals surface area contributed by atoms with Crippen LogP contribution in [0, 0.1) is 5.92 Å². The molecule has 1 rings (SSSR count). The highest BCUT2D eigenvalue weighted by molar-refractivity contribution is 14.1. The van der Waals surface area contributed by atoms with E-state index in [4.69, 9.17) is 4.74 Å². The van der Waals surface area contributed by atoms with Crippen LogP contribution in [0.4, 0.5) is 0 Å². The van der Waals surface area contributed by atoms with Gasteiger partial charge < -0.3 is 4.74 Å². The quantitative estimate of drug-likeness (QED) is 0.548. The van der Waals surface area contributed by atoms with E-state index in [1.165, 1.54) is 11.1 Å². The zero-order valence-corrected chi connectivity index (χ0v) is 11.2. The molecule has 78 valence electrons. The van der Waals surface area contributed by atoms with E-state index >= 15 is 0 Å². The lowest BCUT2D eigenvalue weighted by Crippen LogP contribution is -2.13. The third kappa shape index (κ3) is 3.15. The van der Waals surface area contributed by atoms with Crippen LogP contribution >= 0.6 is 22.6 Å². The number of rotatable bonds is 2. The van der Waals surface area contributed by atoms with Crippen LogP contribution < -0.4 is 0 Å². The van der Waals surface area contributed by atoms with Crippen LogP contribution in [0.15, 0.2) is 33.1 Å². The number of allylic oxidation sites excluding steroid dienone is 4. The first-order valence-electron chi connectivity index (χ1n) is 4.86. The van der Waals surface area contributed by atoms with Crippen molar-refractivity contribution < 1.29 is 4.74 Å². The van der Waals surface area contributed by atoms with Gasteiger partial charge in [0.25, 0.3) is 0 Å². The highest BCUT2D eigenvalue weighted by atomic mass is 127. The van der Waals surface area contributed by atoms with Crippen molar-refractivity contribution in [3.63, 3.8) is 0 Å². The van der Waals surface area contributed by atoms with Gasteiger partial charge in [-0.15, -0.1) is 0 Å². The maximum absolute atomic E-state index is 5.68. The molecule has 0 fully saturated rings. The summed E-state index contributed by atoms with van der Waals surface area (Å²) in [4.78, 5) is 0. The summed E-state index contributed by atoms with van der Waals surface area (Å²) in [5.41, 5.74) is 2.54. The van der Waals surface area contributed by atoms with E-state index in [0.717, 1.165) is 22.4 Å². The second kappa shape index (κ2) is 5.01. The summed E-state index contributed by atoms with van der Waals surface area (Å²) in [6.45, 7) is 11.2. The molecule has 0 aromatic carbocycles. The molecule has 0 spiro atoms. The molecule has 1 aliphatic rings. The molecule has 0 aromatic rings. The van der Waals surface area contributed by atoms with Crippen molar-refractivity contribution in [3.05, 3.63) is 33.1 Å². The molecule has 0 saturated heterocycles. The molecule has 1 unspecified atom stereocenters. The van der Waals surface area contributed by atoms with Crippen molar-refractivity contribution in [2.24, 2.45) is 5.92 Å². The molecule has 1 aliphatic heterocycles. The van der Waals surface area contributed by atoms with Crippen LogP contribution in [0.3, 0.4) is 0 Å². The van der Waals surface area contributed by atoms with E-state index in [1.807, 2.05) is 0 Å². The van der Waals surface area contributed by atoms with Crippen molar-refractivity contribution >= 4 is 22.6 Å². The van der Waals surface area contributed by atoms with E-state index in [-0.39, 0.29) is 0 Å². The molecular weight excluding hydrogens is 287 g/mol. The average Bonchev–Trinajstić information content (AvgIpc) is 2.09. The van der Waals surface area contributed by atoms with Gasteiger partial charge in [-0.1, -0.05) is 13.5 Å². The van der Waals surface area contributed by atoms with Gasteiger partial charge in [-0.3, -0.25) is 0 Å². The lowest BCUT2D eigenvalue weighted by Gasteiger charge is -2.22. The summed E-state index contributed by atoms with van der Waals surface area (Å²) in [6, 6.07) is 0. The van der Waals surface area contributed by atoms with Gasteiger partial charge in [-0.2, -0.15) is 0 Å². The highest BCUT2D eigenvalue weighted by Gasteiger charge is 2.14. The first-order chi connectivity index (χ1) is 6.50. The summed E-state index contributed by atoms with van der Waals surface area (Å²) >= 11 is 2.23. The van der Waals surface area contributed by atoms with Crippen molar-refractivity contribution in [2.45, 2.75) is 27.2 Å². The second-order valence-corrected chi connectivity index (χ2v) is 5.30. The Balaban J connectivity index is 2.83. The van der Waals surface area contributed by atoms with Crippen LogP contribution in [0.1, 0.15) is 27.2 Å². The summed E-state index contributed by atoms with van der Waals surface area (Å²) < 4.78 is 6.76. The van der Waals surface area contributed by atoms with Gasteiger partial charge in [-0.25, -0.2) is 0 Å². The van der Waals surface area contributed by atoms with Crippen molar-refractivity contribution in [3.8, 4) is 0 Å². The number of ether oxygens (including phenoxy) is 1. The molecule has 0 saturated carbocycles. The third-order valence-corrected chi connectivity index (χ3v) is 3.22. The molecule has 2 heteroatoms. The van der Waals surface area contributed by atoms with Gasteiger partial charge in [0.2, 0.25) is 0 Å². The first kappa shape index (κ1) is 11.8. The van der Waals surface area contributed by atoms with E-state index in [2.05, 4.69) is 56.0 Å². The Bertz CT molecular complexity index is 299. The molecule has 14 heavy (non-hydrogen) atoms. The summed E-state index contributed by atoms with van der Waals surface area (Å²) in [5.74, 6) is 1.69. The van der Waals surface area contributed by atoms with Crippen LogP contribution in [-0.2, 0) is 4.74 Å². The van der Waals surface area contributed by atoms with Gasteiger partial charge in [-0.05, 0) is 66.0 Å². The molecular formula is C12H17IO. The summed E-state index contributed by atoms with van der Waals surface area (Å²) in [5, 5.41) is 0. The Hall–Kier alpha value is -0.250. The first-order valence-corrected chi connectivity index (χ1v) is 5.94. The molecule has 1 atom stereocenters. The summed E-state index contributed by atoms with van der Waals surface area (Å²) in [6.07, 6.45) is 3.24. The van der Waals surface area contributed by atoms with Gasteiger partial charge in [0.1, 0.15) is 5.76 Å². The Morgan fingerprint density at radius 1 is 1.64 bits per heavy atom. The van der Waals surface area contributed by atoms with Gasteiger partial charge >= 0.3 is 0 Å². The molecule has 0 bridgehead atoms. The number of halogens is 1. The van der Waals surface area contributed by atoms with Crippen LogP contribution in [0.2, 0.25) is 0 Å². The minimum absolute atomic E-state index is 0.648. The van der Waals surface area contributed by atoms with Gasteiger partial charge in [0.05, 0.1) is 6.61 Å². The van der Waals surface area contributed by atoms with Gasteiger partial charge in [0.15, 0.2) is 0 Å². The van der Waals surface area contributed by atoms with Crippen molar-refractivity contribution in [1.82, 2.24) is 0 Å². The Labute approximate surface area is 100 Å². The topological polar surface area (TPSA) is 9.23 Å². The normalized spacial score (nSPS) is 23.4. The minimum Gasteiger partial charge on any atom is -0.493 e. The Kier molecular flexibility index (Phi) is 4.23. The van der Waals surface area contributed by atoms with E-state index < -0.39 is 0 Å². The lowest BCUT2D eigenvalue weighted by molar-refractivity contribution is 0.158. The smallest absolute Gasteiger partial charge is 0.118 e. The summed E-state index contributed by atoms with van der Waals surface area (Å²) in [7, 11) is 0. The second-order valence-electron chi connectivity index (χ2n) is 4.00. The van der Waals surface area contributed by atoms with E-state index in [9.17, 15) is 0 Å². The van der Waals surface area contributed by atoms with Crippen LogP contribution in [0.5, 0.6) is 0 Å². The highest BCUT2D eigenvalue weighted by Crippen LogP contribution is 2.26. The SMILES string of the molecule is C=C(I)/C(C)=C\C1=C(C)CC(C)CO1. The van der Waals surface area contributed by atoms with Gasteiger partial charge in [0, 0.05) is 3.58 Å². The fourth-order valence-electron chi connectivity index (χ4n) is 1.48. The lowest BCUT2D eigenvalue weighted by atomic mass is 9.99. The predicted molar refractivity (Wildman–Crippen MR) is 69.4 cm³/mol. The van der Waals surface area contributed by atoms with Crippen molar-refractivity contribution in [2.75, 3.05) is 6.61 Å². The fourth-order valence-corrected chi connectivity index (χ4v) is 1.63. The average molecular weight is 304 g/mol. The van der Waals surface area contributed by atoms with E-state index in [0.29, 0.717) is 5.92 Å². The zero-order chi connectivity index (χ0) is 10.7. The fraction of sp³-hybridized carbons (Fsp3) is 0.500. The van der Waals surface area contributed by atoms with E-state index in [1.54, 1.807) is 0 Å². The molecule has 0 radical (unpaired) electrons.